The number of carbonyl (C=O) groups is 2. The van der Waals surface area contributed by atoms with Crippen LogP contribution in [-0.2, 0) is 32.3 Å². The number of benzene rings is 2. The molecule has 4 heteroatoms. The van der Waals surface area contributed by atoms with Gasteiger partial charge in [0.25, 0.3) is 0 Å². The maximum Gasteiger partial charge on any atom is 0.306 e. The summed E-state index contributed by atoms with van der Waals surface area (Å²) in [6.07, 6.45) is 2.14. The van der Waals surface area contributed by atoms with Crippen LogP contribution in [0.15, 0.2) is 48.5 Å². The first-order valence-electron chi connectivity index (χ1n) is 12.0. The van der Waals surface area contributed by atoms with Crippen molar-refractivity contribution < 1.29 is 19.1 Å². The zero-order valence-electron chi connectivity index (χ0n) is 21.1. The number of ether oxygens (including phenoxy) is 2. The molecule has 4 nitrogen and oxygen atoms in total. The Bertz CT molecular complexity index is 850. The Labute approximate surface area is 199 Å². The average molecular weight is 453 g/mol. The van der Waals surface area contributed by atoms with Crippen molar-refractivity contribution in [1.29, 1.82) is 0 Å². The van der Waals surface area contributed by atoms with E-state index in [1.165, 1.54) is 0 Å². The van der Waals surface area contributed by atoms with E-state index in [1.807, 2.05) is 62.4 Å². The number of rotatable bonds is 12. The van der Waals surface area contributed by atoms with Gasteiger partial charge in [0.1, 0.15) is 13.2 Å². The largest absolute Gasteiger partial charge is 0.461 e. The molecular formula is C29H40O4. The Hall–Kier alpha value is -2.62. The molecule has 0 amide bonds. The quantitative estimate of drug-likeness (QED) is 0.327. The van der Waals surface area contributed by atoms with Crippen LogP contribution in [-0.4, -0.2) is 11.9 Å². The number of hydrogen-bond acceptors (Lipinski definition) is 4. The molecule has 0 unspecified atom stereocenters. The second kappa shape index (κ2) is 12.6. The highest BCUT2D eigenvalue weighted by Gasteiger charge is 2.39. The lowest BCUT2D eigenvalue weighted by molar-refractivity contribution is -0.154. The first kappa shape index (κ1) is 26.6. The molecule has 2 rings (SSSR count). The molecule has 2 aromatic rings. The van der Waals surface area contributed by atoms with Crippen LogP contribution in [0.2, 0.25) is 0 Å². The lowest BCUT2D eigenvalue weighted by Crippen LogP contribution is -2.34. The van der Waals surface area contributed by atoms with E-state index in [0.29, 0.717) is 5.92 Å². The molecule has 0 aliphatic carbocycles. The van der Waals surface area contributed by atoms with Crippen LogP contribution in [0.25, 0.3) is 0 Å². The van der Waals surface area contributed by atoms with Gasteiger partial charge in [0.2, 0.25) is 0 Å². The van der Waals surface area contributed by atoms with Gasteiger partial charge >= 0.3 is 11.9 Å². The van der Waals surface area contributed by atoms with Crippen LogP contribution in [0.5, 0.6) is 0 Å². The van der Waals surface area contributed by atoms with Crippen molar-refractivity contribution in [3.8, 4) is 0 Å². The monoisotopic (exact) mass is 452 g/mol. The summed E-state index contributed by atoms with van der Waals surface area (Å²) in [4.78, 5) is 25.8. The van der Waals surface area contributed by atoms with E-state index in [2.05, 4.69) is 27.7 Å². The van der Waals surface area contributed by atoms with Crippen molar-refractivity contribution in [3.05, 3.63) is 70.8 Å². The highest BCUT2D eigenvalue weighted by Crippen LogP contribution is 2.42. The second-order valence-corrected chi connectivity index (χ2v) is 9.98. The lowest BCUT2D eigenvalue weighted by Gasteiger charge is -2.37. The van der Waals surface area contributed by atoms with Gasteiger partial charge in [-0.05, 0) is 59.8 Å². The molecule has 0 aromatic heterocycles. The minimum absolute atomic E-state index is 0.133. The Kier molecular flexibility index (Phi) is 10.1. The third-order valence-electron chi connectivity index (χ3n) is 6.74. The fraction of sp³-hybridized carbons (Fsp3) is 0.517. The molecule has 0 N–H and O–H groups in total. The Balaban J connectivity index is 2.09. The predicted octanol–water partition coefficient (Wildman–Crippen LogP) is 6.95. The Morgan fingerprint density at radius 3 is 1.55 bits per heavy atom. The maximum absolute atomic E-state index is 12.9. The van der Waals surface area contributed by atoms with Crippen LogP contribution in [0.3, 0.4) is 0 Å². The minimum Gasteiger partial charge on any atom is -0.461 e. The van der Waals surface area contributed by atoms with Crippen LogP contribution in [0.1, 0.15) is 75.6 Å². The molecule has 0 heterocycles. The van der Waals surface area contributed by atoms with Crippen LogP contribution < -0.4 is 0 Å². The van der Waals surface area contributed by atoms with Crippen molar-refractivity contribution >= 4 is 11.9 Å². The van der Waals surface area contributed by atoms with E-state index in [-0.39, 0.29) is 43.9 Å². The maximum atomic E-state index is 12.9. The van der Waals surface area contributed by atoms with E-state index in [4.69, 9.17) is 9.47 Å². The van der Waals surface area contributed by atoms with Crippen molar-refractivity contribution in [2.45, 2.75) is 80.4 Å². The summed E-state index contributed by atoms with van der Waals surface area (Å²) in [5, 5.41) is 0. The normalized spacial score (nSPS) is 11.6. The number of carbonyl (C=O) groups excluding carboxylic acids is 2. The molecule has 33 heavy (non-hydrogen) atoms. The predicted molar refractivity (Wildman–Crippen MR) is 133 cm³/mol. The van der Waals surface area contributed by atoms with Gasteiger partial charge in [-0.1, -0.05) is 82.6 Å². The van der Waals surface area contributed by atoms with Gasteiger partial charge in [-0.15, -0.1) is 0 Å². The number of hydrogen-bond donors (Lipinski definition) is 0. The molecular weight excluding hydrogens is 412 g/mol. The molecule has 0 spiro atoms. The van der Waals surface area contributed by atoms with Crippen molar-refractivity contribution in [2.24, 2.45) is 17.3 Å². The first-order chi connectivity index (χ1) is 15.6. The molecule has 0 saturated heterocycles. The molecule has 0 fully saturated rings. The molecule has 0 aliphatic rings. The van der Waals surface area contributed by atoms with Crippen molar-refractivity contribution in [3.63, 3.8) is 0 Å². The summed E-state index contributed by atoms with van der Waals surface area (Å²) in [5.74, 6) is 0.0900. The van der Waals surface area contributed by atoms with Gasteiger partial charge < -0.3 is 9.47 Å². The topological polar surface area (TPSA) is 52.6 Å². The molecule has 0 saturated carbocycles. The molecule has 2 aromatic carbocycles. The van der Waals surface area contributed by atoms with Gasteiger partial charge in [-0.3, -0.25) is 9.59 Å². The van der Waals surface area contributed by atoms with E-state index in [1.54, 1.807) is 0 Å². The summed E-state index contributed by atoms with van der Waals surface area (Å²) in [6.45, 7) is 13.0. The third-order valence-corrected chi connectivity index (χ3v) is 6.74. The molecule has 0 atom stereocenters. The standard InChI is InChI=1S/C29H40O4/c1-21(2)15-16-29(22(3)4,17-27(30)32-19-25-13-9-7-11-23(25)5)18-28(31)33-20-26-14-10-8-12-24(26)6/h7-14,21-22H,15-20H2,1-6H3. The highest BCUT2D eigenvalue weighted by molar-refractivity contribution is 5.74. The van der Waals surface area contributed by atoms with E-state index >= 15 is 0 Å². The van der Waals surface area contributed by atoms with Gasteiger partial charge in [-0.25, -0.2) is 0 Å². The SMILES string of the molecule is Cc1ccccc1COC(=O)CC(CCC(C)C)(CC(=O)OCc1ccccc1C)C(C)C. The van der Waals surface area contributed by atoms with Crippen molar-refractivity contribution in [2.75, 3.05) is 0 Å². The summed E-state index contributed by atoms with van der Waals surface area (Å²) in [7, 11) is 0. The average Bonchev–Trinajstić information content (AvgIpc) is 2.76. The van der Waals surface area contributed by atoms with E-state index in [0.717, 1.165) is 35.1 Å². The first-order valence-corrected chi connectivity index (χ1v) is 12.0. The highest BCUT2D eigenvalue weighted by atomic mass is 16.5. The molecule has 180 valence electrons. The van der Waals surface area contributed by atoms with Crippen LogP contribution in [0, 0.1) is 31.1 Å². The van der Waals surface area contributed by atoms with E-state index < -0.39 is 5.41 Å². The van der Waals surface area contributed by atoms with Crippen LogP contribution >= 0.6 is 0 Å². The fourth-order valence-electron chi connectivity index (χ4n) is 4.05. The second-order valence-electron chi connectivity index (χ2n) is 9.98. The summed E-state index contributed by atoms with van der Waals surface area (Å²) >= 11 is 0. The zero-order chi connectivity index (χ0) is 24.4. The van der Waals surface area contributed by atoms with Gasteiger partial charge in [-0.2, -0.15) is 0 Å². The third kappa shape index (κ3) is 8.34. The van der Waals surface area contributed by atoms with Gasteiger partial charge in [0.05, 0.1) is 12.8 Å². The van der Waals surface area contributed by atoms with Crippen LogP contribution in [0.4, 0.5) is 0 Å². The van der Waals surface area contributed by atoms with Gasteiger partial charge in [0.15, 0.2) is 0 Å². The molecule has 0 radical (unpaired) electrons. The zero-order valence-corrected chi connectivity index (χ0v) is 21.1. The summed E-state index contributed by atoms with van der Waals surface area (Å²) in [5.41, 5.74) is 3.71. The summed E-state index contributed by atoms with van der Waals surface area (Å²) in [6, 6.07) is 15.8. The Morgan fingerprint density at radius 2 is 1.18 bits per heavy atom. The Morgan fingerprint density at radius 1 is 0.758 bits per heavy atom. The number of esters is 2. The summed E-state index contributed by atoms with van der Waals surface area (Å²) < 4.78 is 11.3. The fourth-order valence-corrected chi connectivity index (χ4v) is 4.05. The molecule has 0 bridgehead atoms. The lowest BCUT2D eigenvalue weighted by atomic mass is 9.68. The minimum atomic E-state index is -0.490. The van der Waals surface area contributed by atoms with E-state index in [9.17, 15) is 9.59 Å². The smallest absolute Gasteiger partial charge is 0.306 e. The number of aryl methyl sites for hydroxylation is 2. The molecule has 0 aliphatic heterocycles. The van der Waals surface area contributed by atoms with Gasteiger partial charge in [0, 0.05) is 0 Å². The van der Waals surface area contributed by atoms with Crippen molar-refractivity contribution in [1.82, 2.24) is 0 Å².